The van der Waals surface area contributed by atoms with Gasteiger partial charge in [-0.3, -0.25) is 10.1 Å². The van der Waals surface area contributed by atoms with Crippen molar-refractivity contribution in [2.45, 2.75) is 19.4 Å². The van der Waals surface area contributed by atoms with E-state index < -0.39 is 0 Å². The fourth-order valence-electron chi connectivity index (χ4n) is 2.20. The standard InChI is InChI=1S/C12H15BrN2O3/c1-2-10-8-18-6-5-14(10)11-4-3-9(13)7-12(11)15(16)17/h3-4,7,10H,2,5-6,8H2,1H3. The largest absolute Gasteiger partial charge is 0.377 e. The van der Waals surface area contributed by atoms with Gasteiger partial charge < -0.3 is 9.64 Å². The summed E-state index contributed by atoms with van der Waals surface area (Å²) in [5.41, 5.74) is 0.822. The van der Waals surface area contributed by atoms with Crippen LogP contribution in [0, 0.1) is 10.1 Å². The number of hydrogen-bond donors (Lipinski definition) is 0. The number of nitrogens with zero attached hydrogens (tertiary/aromatic N) is 2. The molecule has 6 heteroatoms. The van der Waals surface area contributed by atoms with Crippen molar-refractivity contribution < 1.29 is 9.66 Å². The normalized spacial score (nSPS) is 19.9. The van der Waals surface area contributed by atoms with Crippen molar-refractivity contribution in [3.63, 3.8) is 0 Å². The van der Waals surface area contributed by atoms with Gasteiger partial charge in [0.05, 0.1) is 24.2 Å². The van der Waals surface area contributed by atoms with Crippen LogP contribution in [0.4, 0.5) is 11.4 Å². The van der Waals surface area contributed by atoms with Crippen LogP contribution < -0.4 is 4.90 Å². The zero-order valence-corrected chi connectivity index (χ0v) is 11.7. The minimum atomic E-state index is -0.331. The van der Waals surface area contributed by atoms with Crippen molar-refractivity contribution in [3.05, 3.63) is 32.8 Å². The molecule has 1 aliphatic rings. The predicted molar refractivity (Wildman–Crippen MR) is 73.0 cm³/mol. The van der Waals surface area contributed by atoms with E-state index in [0.29, 0.717) is 25.4 Å². The van der Waals surface area contributed by atoms with E-state index in [2.05, 4.69) is 27.8 Å². The van der Waals surface area contributed by atoms with Gasteiger partial charge in [0.15, 0.2) is 0 Å². The van der Waals surface area contributed by atoms with Crippen molar-refractivity contribution in [2.24, 2.45) is 0 Å². The molecule has 1 aromatic rings. The van der Waals surface area contributed by atoms with Gasteiger partial charge in [-0.05, 0) is 18.6 Å². The summed E-state index contributed by atoms with van der Waals surface area (Å²) in [5, 5.41) is 11.1. The molecule has 0 aliphatic carbocycles. The summed E-state index contributed by atoms with van der Waals surface area (Å²) in [6.07, 6.45) is 0.910. The number of benzene rings is 1. The first-order valence-corrected chi connectivity index (χ1v) is 6.71. The molecule has 1 atom stereocenters. The first-order chi connectivity index (χ1) is 8.63. The molecule has 0 radical (unpaired) electrons. The lowest BCUT2D eigenvalue weighted by atomic mass is 10.1. The number of nitro groups is 1. The number of ether oxygens (including phenoxy) is 1. The second-order valence-corrected chi connectivity index (χ2v) is 5.14. The molecule has 1 fully saturated rings. The molecule has 0 spiro atoms. The summed E-state index contributed by atoms with van der Waals surface area (Å²) in [5.74, 6) is 0. The van der Waals surface area contributed by atoms with Crippen LogP contribution in [-0.4, -0.2) is 30.7 Å². The molecule has 2 rings (SSSR count). The summed E-state index contributed by atoms with van der Waals surface area (Å²) in [4.78, 5) is 12.9. The van der Waals surface area contributed by atoms with Crippen molar-refractivity contribution in [2.75, 3.05) is 24.7 Å². The summed E-state index contributed by atoms with van der Waals surface area (Å²) in [7, 11) is 0. The minimum Gasteiger partial charge on any atom is -0.377 e. The number of hydrogen-bond acceptors (Lipinski definition) is 4. The maximum Gasteiger partial charge on any atom is 0.293 e. The van der Waals surface area contributed by atoms with E-state index in [4.69, 9.17) is 4.74 Å². The Bertz CT molecular complexity index is 453. The van der Waals surface area contributed by atoms with Gasteiger partial charge in [-0.2, -0.15) is 0 Å². The van der Waals surface area contributed by atoms with E-state index in [-0.39, 0.29) is 16.7 Å². The molecule has 98 valence electrons. The highest BCUT2D eigenvalue weighted by Crippen LogP contribution is 2.33. The predicted octanol–water partition coefficient (Wildman–Crippen LogP) is 2.97. The highest BCUT2D eigenvalue weighted by atomic mass is 79.9. The molecule has 1 saturated heterocycles. The summed E-state index contributed by atoms with van der Waals surface area (Å²) < 4.78 is 6.15. The van der Waals surface area contributed by atoms with Gasteiger partial charge in [0.1, 0.15) is 5.69 Å². The Hall–Kier alpha value is -1.14. The highest BCUT2D eigenvalue weighted by molar-refractivity contribution is 9.10. The van der Waals surface area contributed by atoms with Crippen molar-refractivity contribution in [3.8, 4) is 0 Å². The fourth-order valence-corrected chi connectivity index (χ4v) is 2.54. The van der Waals surface area contributed by atoms with E-state index >= 15 is 0 Å². The first-order valence-electron chi connectivity index (χ1n) is 5.91. The summed E-state index contributed by atoms with van der Waals surface area (Å²) in [6, 6.07) is 5.40. The number of halogens is 1. The third-order valence-electron chi connectivity index (χ3n) is 3.14. The lowest BCUT2D eigenvalue weighted by Crippen LogP contribution is -2.45. The summed E-state index contributed by atoms with van der Waals surface area (Å²) in [6.45, 7) is 4.01. The van der Waals surface area contributed by atoms with Gasteiger partial charge in [-0.15, -0.1) is 0 Å². The number of anilines is 1. The van der Waals surface area contributed by atoms with Crippen molar-refractivity contribution >= 4 is 27.3 Å². The summed E-state index contributed by atoms with van der Waals surface area (Å²) >= 11 is 3.27. The van der Waals surface area contributed by atoms with E-state index in [9.17, 15) is 10.1 Å². The maximum absolute atomic E-state index is 11.1. The zero-order valence-electron chi connectivity index (χ0n) is 10.1. The Kier molecular flexibility index (Phi) is 4.19. The van der Waals surface area contributed by atoms with E-state index in [0.717, 1.165) is 10.9 Å². The Morgan fingerprint density at radius 3 is 3.06 bits per heavy atom. The topological polar surface area (TPSA) is 55.6 Å². The molecule has 1 aromatic carbocycles. The molecular formula is C12H15BrN2O3. The molecular weight excluding hydrogens is 300 g/mol. The smallest absolute Gasteiger partial charge is 0.293 e. The molecule has 0 amide bonds. The van der Waals surface area contributed by atoms with E-state index in [1.54, 1.807) is 12.1 Å². The molecule has 1 unspecified atom stereocenters. The van der Waals surface area contributed by atoms with Gasteiger partial charge in [0.2, 0.25) is 0 Å². The quantitative estimate of drug-likeness (QED) is 0.635. The lowest BCUT2D eigenvalue weighted by molar-refractivity contribution is -0.384. The Morgan fingerprint density at radius 1 is 1.61 bits per heavy atom. The fraction of sp³-hybridized carbons (Fsp3) is 0.500. The molecule has 1 heterocycles. The van der Waals surface area contributed by atoms with Gasteiger partial charge in [-0.25, -0.2) is 0 Å². The molecule has 1 aliphatic heterocycles. The Morgan fingerprint density at radius 2 is 2.39 bits per heavy atom. The van der Waals surface area contributed by atoms with Gasteiger partial charge in [-0.1, -0.05) is 22.9 Å². The Labute approximate surface area is 114 Å². The van der Waals surface area contributed by atoms with Gasteiger partial charge in [0, 0.05) is 17.1 Å². The zero-order chi connectivity index (χ0) is 13.1. The second kappa shape index (κ2) is 5.67. The third kappa shape index (κ3) is 2.64. The monoisotopic (exact) mass is 314 g/mol. The SMILES string of the molecule is CCC1COCCN1c1ccc(Br)cc1[N+](=O)[O-]. The minimum absolute atomic E-state index is 0.143. The van der Waals surface area contributed by atoms with Gasteiger partial charge in [0.25, 0.3) is 5.69 Å². The van der Waals surface area contributed by atoms with Crippen LogP contribution >= 0.6 is 15.9 Å². The maximum atomic E-state index is 11.1. The van der Waals surface area contributed by atoms with Crippen molar-refractivity contribution in [1.82, 2.24) is 0 Å². The number of morpholine rings is 1. The van der Waals surface area contributed by atoms with Crippen LogP contribution in [0.5, 0.6) is 0 Å². The van der Waals surface area contributed by atoms with Crippen LogP contribution in [0.25, 0.3) is 0 Å². The molecule has 0 bridgehead atoms. The molecule has 0 saturated carbocycles. The molecule has 18 heavy (non-hydrogen) atoms. The van der Waals surface area contributed by atoms with Crippen LogP contribution in [0.1, 0.15) is 13.3 Å². The van der Waals surface area contributed by atoms with Gasteiger partial charge >= 0.3 is 0 Å². The highest BCUT2D eigenvalue weighted by Gasteiger charge is 2.27. The molecule has 0 N–H and O–H groups in total. The molecule has 0 aromatic heterocycles. The third-order valence-corrected chi connectivity index (χ3v) is 3.64. The van der Waals surface area contributed by atoms with E-state index in [1.807, 2.05) is 6.07 Å². The van der Waals surface area contributed by atoms with Crippen LogP contribution in [-0.2, 0) is 4.74 Å². The number of nitro benzene ring substituents is 1. The average molecular weight is 315 g/mol. The Balaban J connectivity index is 2.39. The van der Waals surface area contributed by atoms with Crippen LogP contribution in [0.2, 0.25) is 0 Å². The first kappa shape index (κ1) is 13.3. The van der Waals surface area contributed by atoms with Crippen molar-refractivity contribution in [1.29, 1.82) is 0 Å². The van der Waals surface area contributed by atoms with E-state index in [1.165, 1.54) is 0 Å². The molecule has 5 nitrogen and oxygen atoms in total. The van der Waals surface area contributed by atoms with Crippen LogP contribution in [0.15, 0.2) is 22.7 Å². The second-order valence-electron chi connectivity index (χ2n) is 4.22. The van der Waals surface area contributed by atoms with Crippen LogP contribution in [0.3, 0.4) is 0 Å². The lowest BCUT2D eigenvalue weighted by Gasteiger charge is -2.36. The average Bonchev–Trinajstić information content (AvgIpc) is 2.38. The number of rotatable bonds is 3.